The Morgan fingerprint density at radius 3 is 2.46 bits per heavy atom. The quantitative estimate of drug-likeness (QED) is 0.280. The van der Waals surface area contributed by atoms with Crippen molar-refractivity contribution in [1.29, 1.82) is 0 Å². The van der Waals surface area contributed by atoms with Crippen LogP contribution in [-0.2, 0) is 4.79 Å². The van der Waals surface area contributed by atoms with Gasteiger partial charge in [0.1, 0.15) is 11.6 Å². The Hall–Kier alpha value is -3.97. The number of hydrogen-bond donors (Lipinski definition) is 5. The number of aliphatic hydroxyl groups is 1. The van der Waals surface area contributed by atoms with Crippen LogP contribution in [0.5, 0.6) is 5.75 Å². The van der Waals surface area contributed by atoms with Gasteiger partial charge < -0.3 is 31.6 Å². The number of nitrogen functional groups attached to an aromatic ring is 1. The van der Waals surface area contributed by atoms with E-state index in [0.29, 0.717) is 35.5 Å². The number of aromatic hydroxyl groups is 1. The number of H-pyrrole nitrogens is 1. The second-order valence-corrected chi connectivity index (χ2v) is 8.67. The molecule has 184 valence electrons. The van der Waals surface area contributed by atoms with E-state index in [-0.39, 0.29) is 30.2 Å². The van der Waals surface area contributed by atoms with E-state index >= 15 is 0 Å². The number of carbonyl (C=O) groups excluding carboxylic acids is 1. The Labute approximate surface area is 206 Å². The zero-order valence-electron chi connectivity index (χ0n) is 20.2. The smallest absolute Gasteiger partial charge is 0.245 e. The molecule has 7 nitrogen and oxygen atoms in total. The lowest BCUT2D eigenvalue weighted by molar-refractivity contribution is -0.126. The van der Waals surface area contributed by atoms with Crippen LogP contribution in [0.1, 0.15) is 42.5 Å². The maximum absolute atomic E-state index is 12.1. The highest BCUT2D eigenvalue weighted by molar-refractivity contribution is 5.92. The van der Waals surface area contributed by atoms with E-state index in [2.05, 4.69) is 11.6 Å². The van der Waals surface area contributed by atoms with E-state index in [9.17, 15) is 15.0 Å². The molecule has 7 heteroatoms. The van der Waals surface area contributed by atoms with Crippen molar-refractivity contribution in [3.05, 3.63) is 84.1 Å². The average molecular weight is 475 g/mol. The van der Waals surface area contributed by atoms with E-state index in [0.717, 1.165) is 16.8 Å². The Morgan fingerprint density at radius 2 is 1.83 bits per heavy atom. The molecule has 3 rings (SSSR count). The number of phenolic OH excluding ortho intramolecular Hbond substituents is 1. The molecule has 0 saturated heterocycles. The van der Waals surface area contributed by atoms with Gasteiger partial charge in [-0.2, -0.15) is 0 Å². The molecule has 3 aromatic rings. The zero-order valence-corrected chi connectivity index (χ0v) is 20.2. The highest BCUT2D eigenvalue weighted by Gasteiger charge is 2.26. The molecular formula is C28H34N4O3. The van der Waals surface area contributed by atoms with E-state index in [1.165, 1.54) is 6.08 Å². The van der Waals surface area contributed by atoms with Crippen LogP contribution >= 0.6 is 0 Å². The first-order valence-corrected chi connectivity index (χ1v) is 11.6. The molecule has 0 fully saturated rings. The van der Waals surface area contributed by atoms with Crippen LogP contribution in [0.15, 0.2) is 67.3 Å². The van der Waals surface area contributed by atoms with E-state index in [1.807, 2.05) is 37.3 Å². The Balaban J connectivity index is 2.14. The minimum Gasteiger partial charge on any atom is -0.507 e. The van der Waals surface area contributed by atoms with Crippen LogP contribution in [0.25, 0.3) is 22.9 Å². The van der Waals surface area contributed by atoms with Crippen molar-refractivity contribution in [3.63, 3.8) is 0 Å². The molecule has 1 amide bonds. The van der Waals surface area contributed by atoms with Gasteiger partial charge in [-0.1, -0.05) is 49.0 Å². The van der Waals surface area contributed by atoms with Gasteiger partial charge in [-0.15, -0.1) is 0 Å². The molecule has 2 aromatic carbocycles. The molecule has 0 aliphatic carbocycles. The van der Waals surface area contributed by atoms with Crippen LogP contribution < -0.4 is 11.5 Å². The van der Waals surface area contributed by atoms with Crippen molar-refractivity contribution in [2.45, 2.75) is 31.7 Å². The van der Waals surface area contributed by atoms with Crippen LogP contribution in [0.4, 0.5) is 5.82 Å². The Kier molecular flexibility index (Phi) is 8.39. The molecule has 0 unspecified atom stereocenters. The fourth-order valence-electron chi connectivity index (χ4n) is 4.34. The first-order chi connectivity index (χ1) is 16.8. The molecule has 0 spiro atoms. The van der Waals surface area contributed by atoms with Gasteiger partial charge in [0.2, 0.25) is 5.91 Å². The number of anilines is 1. The summed E-state index contributed by atoms with van der Waals surface area (Å²) in [4.78, 5) is 17.1. The van der Waals surface area contributed by atoms with E-state index < -0.39 is 0 Å². The highest BCUT2D eigenvalue weighted by atomic mass is 16.3. The number of nitrogens with one attached hydrogen (secondary N) is 1. The summed E-state index contributed by atoms with van der Waals surface area (Å²) in [5.74, 6) is 0.247. The largest absolute Gasteiger partial charge is 0.507 e. The number of phenols is 1. The van der Waals surface area contributed by atoms with Gasteiger partial charge in [0.15, 0.2) is 0 Å². The molecule has 35 heavy (non-hydrogen) atoms. The van der Waals surface area contributed by atoms with E-state index in [1.54, 1.807) is 42.3 Å². The summed E-state index contributed by atoms with van der Waals surface area (Å²) in [6.45, 7) is 5.53. The summed E-state index contributed by atoms with van der Waals surface area (Å²) < 4.78 is 0. The monoisotopic (exact) mass is 474 g/mol. The zero-order chi connectivity index (χ0) is 25.5. The lowest BCUT2D eigenvalue weighted by atomic mass is 9.88. The van der Waals surface area contributed by atoms with Crippen molar-refractivity contribution in [3.8, 4) is 16.9 Å². The highest BCUT2D eigenvalue weighted by Crippen LogP contribution is 2.40. The fraction of sp³-hybridized carbons (Fsp3) is 0.250. The summed E-state index contributed by atoms with van der Waals surface area (Å²) in [7, 11) is 1.74. The van der Waals surface area contributed by atoms with Gasteiger partial charge in [-0.25, -0.2) is 0 Å². The first kappa shape index (κ1) is 25.6. The summed E-state index contributed by atoms with van der Waals surface area (Å²) in [5.41, 5.74) is 17.2. The Morgan fingerprint density at radius 1 is 1.17 bits per heavy atom. The van der Waals surface area contributed by atoms with Crippen LogP contribution in [0, 0.1) is 0 Å². The number of aromatic nitrogens is 1. The predicted molar refractivity (Wildman–Crippen MR) is 142 cm³/mol. The van der Waals surface area contributed by atoms with Gasteiger partial charge in [0.05, 0.1) is 0 Å². The van der Waals surface area contributed by atoms with Gasteiger partial charge >= 0.3 is 0 Å². The average Bonchev–Trinajstić information content (AvgIpc) is 3.18. The summed E-state index contributed by atoms with van der Waals surface area (Å²) >= 11 is 0. The summed E-state index contributed by atoms with van der Waals surface area (Å²) in [5, 5.41) is 20.1. The Bertz CT molecular complexity index is 1200. The van der Waals surface area contributed by atoms with Crippen molar-refractivity contribution >= 4 is 23.5 Å². The number of nitrogens with zero attached hydrogens (tertiary/aromatic N) is 1. The normalized spacial score (nSPS) is 13.3. The SMILES string of the molecule is C=CC(=O)N(C)[C@H](C)C[C@@H](CCO)c1[nH]c(N)c(/C=C(\N)c2ccccc2O)c1-c1ccccc1. The van der Waals surface area contributed by atoms with E-state index in [4.69, 9.17) is 11.5 Å². The molecule has 0 saturated carbocycles. The molecule has 7 N–H and O–H groups in total. The summed E-state index contributed by atoms with van der Waals surface area (Å²) in [6, 6.07) is 16.6. The number of likely N-dealkylation sites (N-methyl/N-ethyl adjacent to an activating group) is 1. The van der Waals surface area contributed by atoms with Crippen LogP contribution in [-0.4, -0.2) is 45.7 Å². The number of para-hydroxylation sites is 1. The van der Waals surface area contributed by atoms with Crippen LogP contribution in [0.2, 0.25) is 0 Å². The number of carbonyl (C=O) groups is 1. The van der Waals surface area contributed by atoms with Gasteiger partial charge in [0.25, 0.3) is 0 Å². The molecule has 0 bridgehead atoms. The predicted octanol–water partition coefficient (Wildman–Crippen LogP) is 4.32. The van der Waals surface area contributed by atoms with Crippen molar-refractivity contribution in [1.82, 2.24) is 9.88 Å². The third-order valence-corrected chi connectivity index (χ3v) is 6.37. The number of aliphatic hydroxyl groups excluding tert-OH is 1. The first-order valence-electron chi connectivity index (χ1n) is 11.6. The van der Waals surface area contributed by atoms with Gasteiger partial charge in [0, 0.05) is 53.7 Å². The second-order valence-electron chi connectivity index (χ2n) is 8.67. The van der Waals surface area contributed by atoms with Crippen molar-refractivity contribution in [2.24, 2.45) is 5.73 Å². The molecule has 1 aromatic heterocycles. The maximum atomic E-state index is 12.1. The maximum Gasteiger partial charge on any atom is 0.245 e. The molecule has 0 aliphatic rings. The molecular weight excluding hydrogens is 440 g/mol. The minimum atomic E-state index is -0.159. The third kappa shape index (κ3) is 5.75. The van der Waals surface area contributed by atoms with Crippen molar-refractivity contribution in [2.75, 3.05) is 19.4 Å². The lowest BCUT2D eigenvalue weighted by Crippen LogP contribution is -2.35. The third-order valence-electron chi connectivity index (χ3n) is 6.37. The standard InChI is InChI=1S/C28H34N4O3/c1-4-25(35)32(3)18(2)16-20(14-15-33)27-26(19-10-6-5-7-11-19)22(28(30)31-27)17-23(29)21-12-8-9-13-24(21)34/h4-13,17-18,20,31,33-34H,1,14-16,29-30H2,2-3H3/b23-17-/t18-,20-/m1/s1. The number of rotatable bonds is 10. The number of hydrogen-bond acceptors (Lipinski definition) is 5. The van der Waals surface area contributed by atoms with Gasteiger partial charge in [-0.05, 0) is 49.6 Å². The number of aromatic amines is 1. The number of amides is 1. The molecule has 2 atom stereocenters. The van der Waals surface area contributed by atoms with Crippen LogP contribution in [0.3, 0.4) is 0 Å². The number of benzene rings is 2. The molecule has 0 aliphatic heterocycles. The fourth-order valence-corrected chi connectivity index (χ4v) is 4.34. The second kappa shape index (κ2) is 11.4. The minimum absolute atomic E-state index is 0.0190. The summed E-state index contributed by atoms with van der Waals surface area (Å²) in [6.07, 6.45) is 4.15. The molecule has 1 heterocycles. The topological polar surface area (TPSA) is 129 Å². The molecule has 0 radical (unpaired) electrons. The lowest BCUT2D eigenvalue weighted by Gasteiger charge is -2.28. The van der Waals surface area contributed by atoms with Crippen molar-refractivity contribution < 1.29 is 15.0 Å². The number of nitrogens with two attached hydrogens (primary N) is 2. The van der Waals surface area contributed by atoms with Gasteiger partial charge in [-0.3, -0.25) is 4.79 Å².